The number of nitrogens with one attached hydrogen (secondary N) is 4. The number of fused-ring (bicyclic) bond motifs is 1. The number of β-amino-alcohol motifs (C(OH)–C–C–N with tert-alkyl or cyclic N) is 1. The zero-order chi connectivity index (χ0) is 58.7. The number of hydrogen-bond donors (Lipinski definition) is 5. The number of ether oxygens (including phenoxy) is 2. The number of methoxy groups -OCH3 is 1. The summed E-state index contributed by atoms with van der Waals surface area (Å²) in [5.74, 6) is -7.39. The van der Waals surface area contributed by atoms with Crippen LogP contribution in [0, 0.1) is 18.2 Å². The van der Waals surface area contributed by atoms with Crippen LogP contribution in [-0.2, 0) is 25.7 Å². The van der Waals surface area contributed by atoms with Gasteiger partial charge < -0.3 is 55.4 Å². The van der Waals surface area contributed by atoms with Crippen molar-refractivity contribution >= 4 is 64.0 Å². The number of nitrogens with zero attached hydrogens (tertiary/aromatic N) is 7. The summed E-state index contributed by atoms with van der Waals surface area (Å²) in [6, 6.07) is 5.66. The van der Waals surface area contributed by atoms with E-state index < -0.39 is 77.1 Å². The quantitative estimate of drug-likeness (QED) is 0.0400. The normalized spacial score (nSPS) is 20.5. The first kappa shape index (κ1) is 59.9. The van der Waals surface area contributed by atoms with Crippen molar-refractivity contribution in [1.82, 2.24) is 40.7 Å². The molecule has 2 aliphatic carbocycles. The highest BCUT2D eigenvalue weighted by Gasteiger charge is 2.54. The molecule has 5 amide bonds. The van der Waals surface area contributed by atoms with Crippen LogP contribution in [0.4, 0.5) is 40.7 Å². The molecule has 444 valence electrons. The second-order valence-electron chi connectivity index (χ2n) is 23.5. The number of alkyl halides is 3. The number of likely N-dealkylation sites (tertiary alicyclic amines) is 2. The third-order valence-electron chi connectivity index (χ3n) is 16.3. The highest BCUT2D eigenvalue weighted by molar-refractivity contribution is 7.13. The number of aliphatic hydroxyl groups is 1. The van der Waals surface area contributed by atoms with Gasteiger partial charge in [-0.2, -0.15) is 13.8 Å². The molecule has 0 bridgehead atoms. The van der Waals surface area contributed by atoms with Gasteiger partial charge in [0, 0.05) is 63.4 Å². The fourth-order valence-corrected chi connectivity index (χ4v) is 12.1. The highest BCUT2D eigenvalue weighted by Crippen LogP contribution is 2.42. The molecule has 5 aliphatic rings. The van der Waals surface area contributed by atoms with E-state index in [-0.39, 0.29) is 78.9 Å². The van der Waals surface area contributed by atoms with Crippen LogP contribution in [-0.4, -0.2) is 155 Å². The molecule has 5 heterocycles. The van der Waals surface area contributed by atoms with Crippen LogP contribution in [0.2, 0.25) is 0 Å². The number of aromatic nitrogens is 3. The number of hydrogen-bond acceptors (Lipinski definition) is 15. The smallest absolute Gasteiger partial charge is 0.342 e. The Labute approximate surface area is 479 Å². The molecule has 0 spiro atoms. The molecule has 24 heteroatoms. The molecule has 2 aromatic carbocycles. The van der Waals surface area contributed by atoms with Gasteiger partial charge >= 0.3 is 5.92 Å². The lowest BCUT2D eigenvalue weighted by Gasteiger charge is -2.35. The summed E-state index contributed by atoms with van der Waals surface area (Å²) in [6.45, 7) is 9.16. The maximum atomic E-state index is 15.8. The van der Waals surface area contributed by atoms with E-state index in [1.54, 1.807) is 26.3 Å². The molecule has 2 saturated heterocycles. The molecule has 4 aromatic rings. The minimum Gasteiger partial charge on any atom is -0.495 e. The van der Waals surface area contributed by atoms with E-state index in [1.807, 2.05) is 25.1 Å². The van der Waals surface area contributed by atoms with E-state index in [1.165, 1.54) is 47.6 Å². The summed E-state index contributed by atoms with van der Waals surface area (Å²) in [7, 11) is 2.64. The van der Waals surface area contributed by atoms with Gasteiger partial charge in [-0.05, 0) is 87.9 Å². The van der Waals surface area contributed by atoms with Gasteiger partial charge in [-0.25, -0.2) is 18.7 Å². The molecule has 2 aromatic heterocycles. The number of rotatable bonds is 21. The number of piperidine rings is 1. The molecule has 9 rings (SSSR count). The Bertz CT molecular complexity index is 3000. The molecule has 2 saturated carbocycles. The number of unbranched alkanes of at least 4 members (excludes halogenated alkanes) is 3. The second kappa shape index (κ2) is 25.1. The lowest BCUT2D eigenvalue weighted by molar-refractivity contribution is -0.145. The highest BCUT2D eigenvalue weighted by atomic mass is 32.1. The van der Waals surface area contributed by atoms with Crippen molar-refractivity contribution in [3.8, 4) is 21.9 Å². The van der Waals surface area contributed by atoms with Gasteiger partial charge in [0.2, 0.25) is 17.8 Å². The van der Waals surface area contributed by atoms with Gasteiger partial charge in [0.15, 0.2) is 11.5 Å². The number of aliphatic hydroxyl groups excluding tert-OH is 1. The zero-order valence-electron chi connectivity index (χ0n) is 47.4. The summed E-state index contributed by atoms with van der Waals surface area (Å²) in [5.41, 5.74) is 1.56. The lowest BCUT2D eigenvalue weighted by atomic mass is 9.85. The number of halogens is 4. The van der Waals surface area contributed by atoms with E-state index >= 15 is 13.2 Å². The molecular weight excluding hydrogens is 1090 g/mol. The van der Waals surface area contributed by atoms with Crippen molar-refractivity contribution in [2.75, 3.05) is 68.6 Å². The van der Waals surface area contributed by atoms with Gasteiger partial charge in [0.05, 0.1) is 59.9 Å². The van der Waals surface area contributed by atoms with Crippen LogP contribution in [0.25, 0.3) is 10.4 Å². The number of carbonyl (C=O) groups is 5. The summed E-state index contributed by atoms with van der Waals surface area (Å²) >= 11 is 1.51. The lowest BCUT2D eigenvalue weighted by Crippen LogP contribution is -2.59. The van der Waals surface area contributed by atoms with Gasteiger partial charge in [0.1, 0.15) is 35.1 Å². The van der Waals surface area contributed by atoms with Crippen LogP contribution in [0.15, 0.2) is 42.0 Å². The maximum Gasteiger partial charge on any atom is 0.342 e. The third-order valence-corrected chi connectivity index (χ3v) is 17.3. The van der Waals surface area contributed by atoms with Crippen molar-refractivity contribution in [2.24, 2.45) is 5.41 Å². The van der Waals surface area contributed by atoms with Crippen LogP contribution >= 0.6 is 11.3 Å². The van der Waals surface area contributed by atoms with Crippen molar-refractivity contribution in [1.29, 1.82) is 0 Å². The number of carbonyl (C=O) groups excluding carboxylic acids is 5. The van der Waals surface area contributed by atoms with Crippen LogP contribution in [0.3, 0.4) is 0 Å². The average molecular weight is 1160 g/mol. The SMILES string of the molecule is COc1cc(C(=O)NC2CCN(CCCCCCOc3cc(-c4scnc4C)ccc3CNC(=O)[C@@H]3C[C@@H](O)CN3C(=O)[C@@H](NC(=O)C3(F)CC3)C(C)(C)C)CC2)c(F)cc1Nc1ncc2c(n1)N(C1CCCC1)CC(F)(F)C(=O)N2C. The molecule has 4 fully saturated rings. The van der Waals surface area contributed by atoms with E-state index in [9.17, 15) is 33.5 Å². The summed E-state index contributed by atoms with van der Waals surface area (Å²) < 4.78 is 72.7. The Hall–Kier alpha value is -6.66. The molecule has 5 N–H and O–H groups in total. The van der Waals surface area contributed by atoms with Crippen molar-refractivity contribution in [3.63, 3.8) is 0 Å². The number of amides is 5. The summed E-state index contributed by atoms with van der Waals surface area (Å²) in [5, 5.41) is 22.1. The maximum absolute atomic E-state index is 15.8. The summed E-state index contributed by atoms with van der Waals surface area (Å²) in [4.78, 5) is 87.0. The predicted octanol–water partition coefficient (Wildman–Crippen LogP) is 7.61. The van der Waals surface area contributed by atoms with E-state index in [4.69, 9.17) is 9.47 Å². The Balaban J connectivity index is 0.730. The number of thiazole rings is 1. The van der Waals surface area contributed by atoms with E-state index in [0.717, 1.165) is 90.8 Å². The van der Waals surface area contributed by atoms with Crippen molar-refractivity contribution in [3.05, 3.63) is 64.7 Å². The predicted molar refractivity (Wildman–Crippen MR) is 302 cm³/mol. The van der Waals surface area contributed by atoms with Crippen LogP contribution in [0.1, 0.15) is 126 Å². The van der Waals surface area contributed by atoms with Crippen molar-refractivity contribution < 1.29 is 56.1 Å². The summed E-state index contributed by atoms with van der Waals surface area (Å²) in [6.07, 6.45) is 8.56. The largest absolute Gasteiger partial charge is 0.495 e. The van der Waals surface area contributed by atoms with Crippen molar-refractivity contribution in [2.45, 2.75) is 160 Å². The van der Waals surface area contributed by atoms with Crippen LogP contribution < -0.4 is 40.5 Å². The molecule has 0 radical (unpaired) electrons. The third kappa shape index (κ3) is 13.7. The average Bonchev–Trinajstić information content (AvgIpc) is 4.02. The Kier molecular flexibility index (Phi) is 18.3. The molecule has 0 unspecified atom stereocenters. The van der Waals surface area contributed by atoms with Gasteiger partial charge in [-0.1, -0.05) is 58.6 Å². The first-order valence-corrected chi connectivity index (χ1v) is 29.3. The van der Waals surface area contributed by atoms with Gasteiger partial charge in [-0.15, -0.1) is 11.3 Å². The van der Waals surface area contributed by atoms with Gasteiger partial charge in [0.25, 0.3) is 17.7 Å². The minimum atomic E-state index is -3.64. The minimum absolute atomic E-state index is 0.00810. The molecule has 82 heavy (non-hydrogen) atoms. The molecule has 3 aliphatic heterocycles. The first-order chi connectivity index (χ1) is 39.0. The number of aryl methyl sites for hydroxylation is 1. The molecule has 19 nitrogen and oxygen atoms in total. The number of anilines is 4. The number of benzene rings is 2. The van der Waals surface area contributed by atoms with E-state index in [2.05, 4.69) is 41.1 Å². The monoisotopic (exact) mass is 1160 g/mol. The zero-order valence-corrected chi connectivity index (χ0v) is 48.2. The van der Waals surface area contributed by atoms with E-state index in [0.29, 0.717) is 38.0 Å². The fraction of sp³-hybridized carbons (Fsp3) is 0.586. The molecule has 3 atom stereocenters. The Morgan fingerprint density at radius 2 is 1.70 bits per heavy atom. The fourth-order valence-electron chi connectivity index (χ4n) is 11.3. The van der Waals surface area contributed by atoms with Crippen LogP contribution in [0.5, 0.6) is 11.5 Å². The Morgan fingerprint density at radius 1 is 0.963 bits per heavy atom. The topological polar surface area (TPSA) is 224 Å². The molecular formula is C58H75F4N11O8S. The first-order valence-electron chi connectivity index (χ1n) is 28.4. The standard InChI is InChI=1S/C58H75F4N11O8S/c1-34-47(82-33-65-34)35-15-16-36(29-63-51(76)43-26-39(74)31-72(43)52(77)48(56(2,3)4)68-53(78)57(60)19-20-57)45(25-35)81-24-12-8-7-11-21-71-22-17-37(18-23-71)66-50(75)40-27-46(80-6)42(28-41(40)59)67-55-64-30-44-49(69-55)73(38-13-9-10-14-38)32-58(61,62)54(79)70(44)5/h15-16,25,27-28,30,33,37-39,43,48,74H,7-14,17-24,26,29,31-32H2,1-6H3,(H,63,76)(H,66,75)(H,68,78)(H,64,67,69)/t39-,43+,48-/m1/s1. The Morgan fingerprint density at radius 3 is 2.38 bits per heavy atom. The van der Waals surface area contributed by atoms with Gasteiger partial charge in [-0.3, -0.25) is 24.0 Å². The second-order valence-corrected chi connectivity index (χ2v) is 24.3.